The summed E-state index contributed by atoms with van der Waals surface area (Å²) in [4.78, 5) is 12.0. The van der Waals surface area contributed by atoms with Crippen LogP contribution in [0.3, 0.4) is 0 Å². The Morgan fingerprint density at radius 2 is 2.11 bits per heavy atom. The van der Waals surface area contributed by atoms with Gasteiger partial charge in [-0.25, -0.2) is 0 Å². The molecule has 0 spiro atoms. The monoisotopic (exact) mass is 412 g/mol. The summed E-state index contributed by atoms with van der Waals surface area (Å²) in [6.45, 7) is 0.800. The van der Waals surface area contributed by atoms with Gasteiger partial charge >= 0.3 is 6.18 Å². The fourth-order valence-corrected chi connectivity index (χ4v) is 2.51. The molecule has 0 bridgehead atoms. The van der Waals surface area contributed by atoms with E-state index in [9.17, 15) is 18.0 Å². The molecular weight excluding hydrogens is 397 g/mol. The number of nitrogens with one attached hydrogen (secondary N) is 1. The normalized spacial score (nSPS) is 11.9. The molecule has 9 heteroatoms. The molecule has 5 nitrogen and oxygen atoms in total. The van der Waals surface area contributed by atoms with Gasteiger partial charge in [0, 0.05) is 31.9 Å². The Hall–Kier alpha value is -2.76. The van der Waals surface area contributed by atoms with Gasteiger partial charge in [0.1, 0.15) is 23.2 Å². The minimum absolute atomic E-state index is 0.145. The van der Waals surface area contributed by atoms with Crippen molar-refractivity contribution in [2.75, 3.05) is 20.3 Å². The highest BCUT2D eigenvalue weighted by Crippen LogP contribution is 2.37. The van der Waals surface area contributed by atoms with E-state index in [1.165, 1.54) is 31.4 Å². The number of benzene rings is 1. The zero-order valence-electron chi connectivity index (χ0n) is 14.8. The molecule has 1 heterocycles. The molecule has 2 aromatic rings. The molecule has 0 saturated carbocycles. The second kappa shape index (κ2) is 9.44. The molecule has 0 fully saturated rings. The molecule has 0 atom stereocenters. The maximum absolute atomic E-state index is 13.0. The third-order valence-corrected chi connectivity index (χ3v) is 3.98. The van der Waals surface area contributed by atoms with Crippen molar-refractivity contribution in [3.05, 3.63) is 52.3 Å². The van der Waals surface area contributed by atoms with Gasteiger partial charge in [-0.1, -0.05) is 11.6 Å². The summed E-state index contributed by atoms with van der Waals surface area (Å²) >= 11 is 5.61. The van der Waals surface area contributed by atoms with E-state index < -0.39 is 22.7 Å². The lowest BCUT2D eigenvalue weighted by atomic mass is 10.1. The summed E-state index contributed by atoms with van der Waals surface area (Å²) in [5, 5.41) is 11.3. The van der Waals surface area contributed by atoms with Crippen molar-refractivity contribution in [3.63, 3.8) is 0 Å². The maximum Gasteiger partial charge on any atom is 0.417 e. The number of carbonyl (C=O) groups is 1. The van der Waals surface area contributed by atoms with Gasteiger partial charge in [0.15, 0.2) is 0 Å². The molecule has 148 valence electrons. The van der Waals surface area contributed by atoms with Crippen LogP contribution in [0.1, 0.15) is 17.7 Å². The number of furan rings is 1. The SMILES string of the molecule is COCCCNC(=O)/C(C#N)=C/c1ccc(-c2ccc(Cl)c(C(F)(F)F)c2)o1. The quantitative estimate of drug-likeness (QED) is 0.407. The van der Waals surface area contributed by atoms with E-state index in [2.05, 4.69) is 5.32 Å². The molecule has 0 radical (unpaired) electrons. The number of alkyl halides is 3. The van der Waals surface area contributed by atoms with E-state index >= 15 is 0 Å². The second-order valence-corrected chi connectivity index (χ2v) is 6.07. The third kappa shape index (κ3) is 5.62. The molecule has 1 amide bonds. The summed E-state index contributed by atoms with van der Waals surface area (Å²) in [5.74, 6) is -0.282. The van der Waals surface area contributed by atoms with E-state index in [0.717, 1.165) is 12.1 Å². The number of nitriles is 1. The summed E-state index contributed by atoms with van der Waals surface area (Å²) in [6, 6.07) is 8.06. The standard InChI is InChI=1S/C19H16ClF3N2O3/c1-27-8-2-7-25-18(26)13(11-24)9-14-4-6-17(28-14)12-3-5-16(20)15(10-12)19(21,22)23/h3-6,9-10H,2,7-8H2,1H3,(H,25,26)/b13-9+. The van der Waals surface area contributed by atoms with Crippen LogP contribution in [0.2, 0.25) is 5.02 Å². The van der Waals surface area contributed by atoms with Gasteiger partial charge in [-0.05, 0) is 36.8 Å². The summed E-state index contributed by atoms with van der Waals surface area (Å²) in [6.07, 6.45) is -2.79. The number of rotatable bonds is 7. The van der Waals surface area contributed by atoms with Crippen LogP contribution < -0.4 is 5.32 Å². The van der Waals surface area contributed by atoms with Crippen LogP contribution in [0, 0.1) is 11.3 Å². The Morgan fingerprint density at radius 3 is 2.75 bits per heavy atom. The van der Waals surface area contributed by atoms with E-state index in [1.807, 2.05) is 0 Å². The lowest BCUT2D eigenvalue weighted by Gasteiger charge is -2.09. The lowest BCUT2D eigenvalue weighted by molar-refractivity contribution is -0.137. The average molecular weight is 413 g/mol. The van der Waals surface area contributed by atoms with Crippen LogP contribution in [0.4, 0.5) is 13.2 Å². The average Bonchev–Trinajstić information content (AvgIpc) is 3.11. The van der Waals surface area contributed by atoms with Crippen molar-refractivity contribution in [2.24, 2.45) is 0 Å². The van der Waals surface area contributed by atoms with Crippen LogP contribution in [0.5, 0.6) is 0 Å². The Balaban J connectivity index is 2.20. The fraction of sp³-hybridized carbons (Fsp3) is 0.263. The van der Waals surface area contributed by atoms with Gasteiger partial charge in [-0.3, -0.25) is 4.79 Å². The van der Waals surface area contributed by atoms with Crippen LogP contribution in [0.25, 0.3) is 17.4 Å². The Bertz CT molecular complexity index is 914. The molecule has 28 heavy (non-hydrogen) atoms. The number of amides is 1. The molecule has 1 N–H and O–H groups in total. The third-order valence-electron chi connectivity index (χ3n) is 3.65. The molecule has 0 aliphatic heterocycles. The number of ether oxygens (including phenoxy) is 1. The Kier molecular flexibility index (Phi) is 7.26. The predicted molar refractivity (Wildman–Crippen MR) is 97.2 cm³/mol. The van der Waals surface area contributed by atoms with Gasteiger partial charge in [0.25, 0.3) is 5.91 Å². The summed E-state index contributed by atoms with van der Waals surface area (Å²) < 4.78 is 49.3. The molecule has 0 aliphatic carbocycles. The van der Waals surface area contributed by atoms with Crippen molar-refractivity contribution >= 4 is 23.6 Å². The predicted octanol–water partition coefficient (Wildman–Crippen LogP) is 4.68. The molecule has 1 aromatic heterocycles. The van der Waals surface area contributed by atoms with E-state index in [-0.39, 0.29) is 22.7 Å². The lowest BCUT2D eigenvalue weighted by Crippen LogP contribution is -2.26. The van der Waals surface area contributed by atoms with Gasteiger partial charge in [-0.2, -0.15) is 18.4 Å². The zero-order valence-corrected chi connectivity index (χ0v) is 15.5. The number of carbonyl (C=O) groups excluding carboxylic acids is 1. The topological polar surface area (TPSA) is 75.3 Å². The van der Waals surface area contributed by atoms with E-state index in [4.69, 9.17) is 26.0 Å². The summed E-state index contributed by atoms with van der Waals surface area (Å²) in [5.41, 5.74) is -1.00. The fourth-order valence-electron chi connectivity index (χ4n) is 2.29. The number of hydrogen-bond acceptors (Lipinski definition) is 4. The first-order valence-electron chi connectivity index (χ1n) is 8.12. The molecule has 1 aromatic carbocycles. The zero-order chi connectivity index (χ0) is 20.7. The highest BCUT2D eigenvalue weighted by molar-refractivity contribution is 6.31. The first kappa shape index (κ1) is 21.5. The molecule has 0 saturated heterocycles. The number of halogens is 4. The van der Waals surface area contributed by atoms with Crippen molar-refractivity contribution in [1.82, 2.24) is 5.32 Å². The van der Waals surface area contributed by atoms with E-state index in [1.54, 1.807) is 6.07 Å². The van der Waals surface area contributed by atoms with E-state index in [0.29, 0.717) is 19.6 Å². The number of hydrogen-bond donors (Lipinski definition) is 1. The van der Waals surface area contributed by atoms with Crippen LogP contribution in [-0.4, -0.2) is 26.2 Å². The molecular formula is C19H16ClF3N2O3. The summed E-state index contributed by atoms with van der Waals surface area (Å²) in [7, 11) is 1.54. The number of nitrogens with zero attached hydrogens (tertiary/aromatic N) is 1. The second-order valence-electron chi connectivity index (χ2n) is 5.67. The molecule has 2 rings (SSSR count). The highest BCUT2D eigenvalue weighted by Gasteiger charge is 2.33. The largest absolute Gasteiger partial charge is 0.457 e. The van der Waals surface area contributed by atoms with Gasteiger partial charge in [-0.15, -0.1) is 0 Å². The van der Waals surface area contributed by atoms with Crippen molar-refractivity contribution in [2.45, 2.75) is 12.6 Å². The minimum Gasteiger partial charge on any atom is -0.457 e. The van der Waals surface area contributed by atoms with Crippen molar-refractivity contribution < 1.29 is 27.1 Å². The van der Waals surface area contributed by atoms with Crippen molar-refractivity contribution in [3.8, 4) is 17.4 Å². The van der Waals surface area contributed by atoms with Gasteiger partial charge in [0.05, 0.1) is 10.6 Å². The first-order valence-corrected chi connectivity index (χ1v) is 8.50. The maximum atomic E-state index is 13.0. The van der Waals surface area contributed by atoms with Crippen LogP contribution in [-0.2, 0) is 15.7 Å². The molecule has 0 unspecified atom stereocenters. The first-order chi connectivity index (χ1) is 13.3. The van der Waals surface area contributed by atoms with Crippen molar-refractivity contribution in [1.29, 1.82) is 5.26 Å². The Morgan fingerprint density at radius 1 is 1.36 bits per heavy atom. The van der Waals surface area contributed by atoms with Gasteiger partial charge in [0.2, 0.25) is 0 Å². The number of methoxy groups -OCH3 is 1. The van der Waals surface area contributed by atoms with Crippen LogP contribution in [0.15, 0.2) is 40.3 Å². The van der Waals surface area contributed by atoms with Gasteiger partial charge < -0.3 is 14.5 Å². The minimum atomic E-state index is -4.60. The Labute approximate surface area is 164 Å². The smallest absolute Gasteiger partial charge is 0.417 e. The molecule has 0 aliphatic rings. The highest BCUT2D eigenvalue weighted by atomic mass is 35.5. The van der Waals surface area contributed by atoms with Crippen LogP contribution >= 0.6 is 11.6 Å².